The Morgan fingerprint density at radius 2 is 1.14 bits per heavy atom. The predicted molar refractivity (Wildman–Crippen MR) is 153 cm³/mol. The molecule has 0 amide bonds. The zero-order valence-electron chi connectivity index (χ0n) is 23.8. The van der Waals surface area contributed by atoms with Crippen LogP contribution >= 0.6 is 0 Å². The van der Waals surface area contributed by atoms with Gasteiger partial charge in [0.1, 0.15) is 6.10 Å². The zero-order valence-corrected chi connectivity index (χ0v) is 23.8. The van der Waals surface area contributed by atoms with Gasteiger partial charge in [-0.3, -0.25) is 9.59 Å². The number of rotatable bonds is 27. The molecule has 0 rings (SSSR count). The molecule has 0 bridgehead atoms. The Balaban J connectivity index is 3.46. The molecule has 0 aliphatic carbocycles. The maximum absolute atomic E-state index is 12.1. The highest BCUT2D eigenvalue weighted by Crippen LogP contribution is 2.15. The van der Waals surface area contributed by atoms with Gasteiger partial charge in [-0.1, -0.05) is 115 Å². The van der Waals surface area contributed by atoms with E-state index in [9.17, 15) is 9.59 Å². The minimum Gasteiger partial charge on any atom is -0.481 e. The van der Waals surface area contributed by atoms with Gasteiger partial charge in [0.15, 0.2) is 0 Å². The Bertz CT molecular complexity index is 552. The van der Waals surface area contributed by atoms with Crippen LogP contribution in [0.2, 0.25) is 0 Å². The van der Waals surface area contributed by atoms with Gasteiger partial charge in [0.05, 0.1) is 0 Å². The van der Waals surface area contributed by atoms with Gasteiger partial charge in [-0.25, -0.2) is 0 Å². The summed E-state index contributed by atoms with van der Waals surface area (Å²) >= 11 is 0. The molecule has 1 N–H and O–H groups in total. The standard InChI is InChI=1S/C32H58O4/c1-3-5-6-7-8-9-10-11-12-13-14-15-16-17-18-19-20-21-22-23-24-29-32(35)36-30(26-4-2)27-25-28-31(33)34/h10-11,13-14,30H,3-9,12,15-29H2,1-2H3,(H,33,34)/b11-10-,14-13-. The summed E-state index contributed by atoms with van der Waals surface area (Å²) in [5, 5.41) is 8.76. The number of carbonyl (C=O) groups is 2. The summed E-state index contributed by atoms with van der Waals surface area (Å²) < 4.78 is 5.58. The molecule has 36 heavy (non-hydrogen) atoms. The molecular weight excluding hydrogens is 448 g/mol. The Morgan fingerprint density at radius 3 is 1.67 bits per heavy atom. The summed E-state index contributed by atoms with van der Waals surface area (Å²) in [6, 6.07) is 0. The first-order valence-electron chi connectivity index (χ1n) is 15.3. The molecule has 0 aliphatic heterocycles. The van der Waals surface area contributed by atoms with E-state index >= 15 is 0 Å². The van der Waals surface area contributed by atoms with Crippen molar-refractivity contribution < 1.29 is 19.4 Å². The second-order valence-corrected chi connectivity index (χ2v) is 10.3. The molecule has 0 aromatic rings. The third-order valence-electron chi connectivity index (χ3n) is 6.66. The number of allylic oxidation sites excluding steroid dienone is 4. The van der Waals surface area contributed by atoms with Gasteiger partial charge in [0.25, 0.3) is 0 Å². The first-order chi connectivity index (χ1) is 17.6. The van der Waals surface area contributed by atoms with Gasteiger partial charge in [-0.2, -0.15) is 0 Å². The number of esters is 1. The van der Waals surface area contributed by atoms with E-state index in [0.29, 0.717) is 19.3 Å². The van der Waals surface area contributed by atoms with Crippen LogP contribution in [-0.4, -0.2) is 23.1 Å². The Hall–Kier alpha value is -1.58. The number of unbranched alkanes of at least 4 members (excludes halogenated alkanes) is 14. The molecule has 0 aromatic heterocycles. The molecule has 0 fully saturated rings. The number of aliphatic carboxylic acids is 1. The van der Waals surface area contributed by atoms with E-state index in [0.717, 1.165) is 32.1 Å². The molecule has 1 unspecified atom stereocenters. The van der Waals surface area contributed by atoms with Crippen LogP contribution in [0.5, 0.6) is 0 Å². The van der Waals surface area contributed by atoms with E-state index in [-0.39, 0.29) is 18.5 Å². The minimum atomic E-state index is -0.786. The van der Waals surface area contributed by atoms with Gasteiger partial charge in [0.2, 0.25) is 0 Å². The van der Waals surface area contributed by atoms with E-state index in [1.807, 2.05) is 0 Å². The SMILES string of the molecule is CCCCCCC/C=C\C/C=C\CCCCCCCCCCCC(=O)OC(CCC)CCCC(=O)O. The van der Waals surface area contributed by atoms with E-state index in [2.05, 4.69) is 38.2 Å². The summed E-state index contributed by atoms with van der Waals surface area (Å²) in [6.45, 7) is 4.33. The summed E-state index contributed by atoms with van der Waals surface area (Å²) in [5.41, 5.74) is 0. The highest BCUT2D eigenvalue weighted by molar-refractivity contribution is 5.69. The Labute approximate surface area is 223 Å². The second kappa shape index (κ2) is 28.0. The van der Waals surface area contributed by atoms with Gasteiger partial charge in [0, 0.05) is 12.8 Å². The molecule has 0 spiro atoms. The number of ether oxygens (including phenoxy) is 1. The number of carboxylic acids is 1. The zero-order chi connectivity index (χ0) is 26.5. The molecule has 0 heterocycles. The van der Waals surface area contributed by atoms with Crippen molar-refractivity contribution in [3.63, 3.8) is 0 Å². The first kappa shape index (κ1) is 34.4. The van der Waals surface area contributed by atoms with E-state index < -0.39 is 5.97 Å². The molecular formula is C32H58O4. The lowest BCUT2D eigenvalue weighted by Gasteiger charge is -2.17. The van der Waals surface area contributed by atoms with Crippen molar-refractivity contribution >= 4 is 11.9 Å². The lowest BCUT2D eigenvalue weighted by Crippen LogP contribution is -2.18. The molecule has 0 saturated carbocycles. The van der Waals surface area contributed by atoms with Crippen molar-refractivity contribution in [3.8, 4) is 0 Å². The van der Waals surface area contributed by atoms with Crippen molar-refractivity contribution in [2.24, 2.45) is 0 Å². The van der Waals surface area contributed by atoms with Gasteiger partial charge >= 0.3 is 11.9 Å². The fourth-order valence-corrected chi connectivity index (χ4v) is 4.45. The fourth-order valence-electron chi connectivity index (χ4n) is 4.45. The lowest BCUT2D eigenvalue weighted by atomic mass is 10.1. The van der Waals surface area contributed by atoms with Crippen LogP contribution in [0, 0.1) is 0 Å². The summed E-state index contributed by atoms with van der Waals surface area (Å²) in [7, 11) is 0. The predicted octanol–water partition coefficient (Wildman–Crippen LogP) is 10.1. The smallest absolute Gasteiger partial charge is 0.306 e. The van der Waals surface area contributed by atoms with Gasteiger partial charge in [-0.05, 0) is 57.8 Å². The molecule has 210 valence electrons. The van der Waals surface area contributed by atoms with Crippen LogP contribution in [0.25, 0.3) is 0 Å². The quantitative estimate of drug-likeness (QED) is 0.0683. The summed E-state index contributed by atoms with van der Waals surface area (Å²) in [5.74, 6) is -0.905. The summed E-state index contributed by atoms with van der Waals surface area (Å²) in [6.07, 6.45) is 34.2. The third-order valence-corrected chi connectivity index (χ3v) is 6.66. The maximum atomic E-state index is 12.1. The van der Waals surface area contributed by atoms with Gasteiger partial charge < -0.3 is 9.84 Å². The number of hydrogen-bond acceptors (Lipinski definition) is 3. The minimum absolute atomic E-state index is 0.119. The Morgan fingerprint density at radius 1 is 0.611 bits per heavy atom. The third kappa shape index (κ3) is 27.0. The van der Waals surface area contributed by atoms with E-state index in [1.165, 1.54) is 89.9 Å². The van der Waals surface area contributed by atoms with E-state index in [1.54, 1.807) is 0 Å². The highest BCUT2D eigenvalue weighted by Gasteiger charge is 2.14. The normalized spacial score (nSPS) is 12.5. The van der Waals surface area contributed by atoms with Crippen molar-refractivity contribution in [2.45, 2.75) is 168 Å². The second-order valence-electron chi connectivity index (χ2n) is 10.3. The van der Waals surface area contributed by atoms with Crippen LogP contribution in [0.3, 0.4) is 0 Å². The average Bonchev–Trinajstić information content (AvgIpc) is 2.85. The van der Waals surface area contributed by atoms with Gasteiger partial charge in [-0.15, -0.1) is 0 Å². The van der Waals surface area contributed by atoms with Crippen molar-refractivity contribution in [2.75, 3.05) is 0 Å². The van der Waals surface area contributed by atoms with Crippen LogP contribution in [0.1, 0.15) is 162 Å². The molecule has 4 nitrogen and oxygen atoms in total. The van der Waals surface area contributed by atoms with Crippen LogP contribution in [-0.2, 0) is 14.3 Å². The Kier molecular flexibility index (Phi) is 26.8. The first-order valence-corrected chi connectivity index (χ1v) is 15.3. The molecule has 0 aromatic carbocycles. The monoisotopic (exact) mass is 506 g/mol. The van der Waals surface area contributed by atoms with Crippen molar-refractivity contribution in [3.05, 3.63) is 24.3 Å². The topological polar surface area (TPSA) is 63.6 Å². The van der Waals surface area contributed by atoms with Crippen molar-refractivity contribution in [1.29, 1.82) is 0 Å². The maximum Gasteiger partial charge on any atom is 0.306 e. The number of carboxylic acid groups (broad SMARTS) is 1. The lowest BCUT2D eigenvalue weighted by molar-refractivity contribution is -0.150. The number of hydrogen-bond donors (Lipinski definition) is 1. The fraction of sp³-hybridized carbons (Fsp3) is 0.812. The highest BCUT2D eigenvalue weighted by atomic mass is 16.5. The molecule has 1 atom stereocenters. The largest absolute Gasteiger partial charge is 0.481 e. The van der Waals surface area contributed by atoms with Crippen molar-refractivity contribution in [1.82, 2.24) is 0 Å². The van der Waals surface area contributed by atoms with E-state index in [4.69, 9.17) is 9.84 Å². The summed E-state index contributed by atoms with van der Waals surface area (Å²) in [4.78, 5) is 22.7. The molecule has 0 saturated heterocycles. The van der Waals surface area contributed by atoms with Crippen LogP contribution in [0.15, 0.2) is 24.3 Å². The molecule has 4 heteroatoms. The van der Waals surface area contributed by atoms with Crippen LogP contribution < -0.4 is 0 Å². The number of carbonyl (C=O) groups excluding carboxylic acids is 1. The van der Waals surface area contributed by atoms with Crippen LogP contribution in [0.4, 0.5) is 0 Å². The average molecular weight is 507 g/mol. The molecule has 0 aliphatic rings. The molecule has 0 radical (unpaired) electrons.